The zero-order valence-corrected chi connectivity index (χ0v) is 10.9. The van der Waals surface area contributed by atoms with E-state index < -0.39 is 0 Å². The van der Waals surface area contributed by atoms with E-state index in [9.17, 15) is 0 Å². The second kappa shape index (κ2) is 5.87. The molecular formula is C16H19N3. The van der Waals surface area contributed by atoms with Crippen LogP contribution < -0.4 is 10.6 Å². The summed E-state index contributed by atoms with van der Waals surface area (Å²) >= 11 is 0. The fraction of sp³-hybridized carbons (Fsp3) is 0.250. The molecule has 3 aromatic rings. The predicted octanol–water partition coefficient (Wildman–Crippen LogP) is 2.50. The van der Waals surface area contributed by atoms with Crippen LogP contribution in [0.2, 0.25) is 0 Å². The topological polar surface area (TPSA) is 39.8 Å². The first kappa shape index (κ1) is 12.2. The van der Waals surface area contributed by atoms with Gasteiger partial charge in [-0.1, -0.05) is 36.4 Å². The van der Waals surface area contributed by atoms with Crippen molar-refractivity contribution >= 4 is 21.8 Å². The zero-order chi connectivity index (χ0) is 12.9. The van der Waals surface area contributed by atoms with Gasteiger partial charge in [0.05, 0.1) is 0 Å². The summed E-state index contributed by atoms with van der Waals surface area (Å²) in [4.78, 5) is 3.38. The lowest BCUT2D eigenvalue weighted by molar-refractivity contribution is 0.534. The smallest absolute Gasteiger partial charge is 0.0464 e. The minimum atomic E-state index is 1.14. The molecule has 0 saturated carbocycles. The second-order valence-corrected chi connectivity index (χ2v) is 4.72. The monoisotopic (exact) mass is 253 g/mol. The third-order valence-corrected chi connectivity index (χ3v) is 3.37. The molecule has 0 bridgehead atoms. The molecular weight excluding hydrogens is 234 g/mol. The van der Waals surface area contributed by atoms with Gasteiger partial charge in [0, 0.05) is 48.0 Å². The standard InChI is InChI=1S/C12H9N.C4H10N2/c1-3-7-11-9(5-1)10-6-2-4-8-12(10)13-11;1-2-6-4-3-5-1/h1-8,13H;5-6H,1-4H2. The highest BCUT2D eigenvalue weighted by Gasteiger charge is 2.00. The van der Waals surface area contributed by atoms with Crippen molar-refractivity contribution in [1.82, 2.24) is 15.6 Å². The Morgan fingerprint density at radius 1 is 0.579 bits per heavy atom. The first-order valence-corrected chi connectivity index (χ1v) is 6.82. The lowest BCUT2D eigenvalue weighted by Gasteiger charge is -2.11. The predicted molar refractivity (Wildman–Crippen MR) is 81.5 cm³/mol. The van der Waals surface area contributed by atoms with Crippen molar-refractivity contribution in [3.05, 3.63) is 48.5 Å². The summed E-state index contributed by atoms with van der Waals surface area (Å²) < 4.78 is 0. The fourth-order valence-electron chi connectivity index (χ4n) is 2.40. The summed E-state index contributed by atoms with van der Waals surface area (Å²) in [5, 5.41) is 9.05. The molecule has 2 heterocycles. The van der Waals surface area contributed by atoms with Crippen LogP contribution in [0.1, 0.15) is 0 Å². The van der Waals surface area contributed by atoms with Crippen LogP contribution in [0.25, 0.3) is 21.8 Å². The van der Waals surface area contributed by atoms with Crippen LogP contribution in [0, 0.1) is 0 Å². The molecule has 0 aliphatic carbocycles. The number of H-pyrrole nitrogens is 1. The zero-order valence-electron chi connectivity index (χ0n) is 10.9. The maximum absolute atomic E-state index is 3.38. The molecule has 98 valence electrons. The number of benzene rings is 2. The number of fused-ring (bicyclic) bond motifs is 3. The van der Waals surface area contributed by atoms with E-state index in [1.54, 1.807) is 0 Å². The van der Waals surface area contributed by atoms with E-state index in [2.05, 4.69) is 64.1 Å². The molecule has 0 unspecified atom stereocenters. The molecule has 0 spiro atoms. The maximum atomic E-state index is 3.38. The molecule has 0 atom stereocenters. The first-order chi connectivity index (χ1) is 9.45. The molecule has 3 heteroatoms. The van der Waals surface area contributed by atoms with Gasteiger partial charge in [0.1, 0.15) is 0 Å². The van der Waals surface area contributed by atoms with Crippen molar-refractivity contribution in [3.8, 4) is 0 Å². The van der Waals surface area contributed by atoms with Gasteiger partial charge in [0.25, 0.3) is 0 Å². The molecule has 1 saturated heterocycles. The Morgan fingerprint density at radius 3 is 1.42 bits per heavy atom. The van der Waals surface area contributed by atoms with Gasteiger partial charge in [-0.25, -0.2) is 0 Å². The molecule has 1 fully saturated rings. The van der Waals surface area contributed by atoms with Crippen molar-refractivity contribution in [3.63, 3.8) is 0 Å². The third kappa shape index (κ3) is 2.78. The van der Waals surface area contributed by atoms with Gasteiger partial charge >= 0.3 is 0 Å². The largest absolute Gasteiger partial charge is 0.355 e. The van der Waals surface area contributed by atoms with Gasteiger partial charge < -0.3 is 15.6 Å². The number of aromatic nitrogens is 1. The van der Waals surface area contributed by atoms with Crippen molar-refractivity contribution in [2.75, 3.05) is 26.2 Å². The Hall–Kier alpha value is -1.84. The van der Waals surface area contributed by atoms with Gasteiger partial charge in [-0.15, -0.1) is 0 Å². The summed E-state index contributed by atoms with van der Waals surface area (Å²) in [6, 6.07) is 16.8. The quantitative estimate of drug-likeness (QED) is 0.576. The van der Waals surface area contributed by atoms with E-state index in [1.165, 1.54) is 21.8 Å². The number of piperazine rings is 1. The van der Waals surface area contributed by atoms with Crippen LogP contribution in [0.3, 0.4) is 0 Å². The normalized spacial score (nSPS) is 15.2. The molecule has 4 rings (SSSR count). The summed E-state index contributed by atoms with van der Waals surface area (Å²) in [5.41, 5.74) is 2.42. The molecule has 2 aromatic carbocycles. The summed E-state index contributed by atoms with van der Waals surface area (Å²) in [6.45, 7) is 4.56. The molecule has 1 aliphatic rings. The van der Waals surface area contributed by atoms with E-state index in [0.29, 0.717) is 0 Å². The average Bonchev–Trinajstić information content (AvgIpc) is 2.88. The molecule has 1 aliphatic heterocycles. The van der Waals surface area contributed by atoms with Crippen LogP contribution in [0.4, 0.5) is 0 Å². The number of rotatable bonds is 0. The average molecular weight is 253 g/mol. The Balaban J connectivity index is 0.000000155. The van der Waals surface area contributed by atoms with E-state index in [-0.39, 0.29) is 0 Å². The lowest BCUT2D eigenvalue weighted by atomic mass is 10.2. The highest BCUT2D eigenvalue weighted by atomic mass is 15.0. The van der Waals surface area contributed by atoms with Crippen LogP contribution in [0.5, 0.6) is 0 Å². The van der Waals surface area contributed by atoms with Gasteiger partial charge in [0.15, 0.2) is 0 Å². The molecule has 0 amide bonds. The Labute approximate surface area is 113 Å². The van der Waals surface area contributed by atoms with Gasteiger partial charge in [-0.3, -0.25) is 0 Å². The van der Waals surface area contributed by atoms with Gasteiger partial charge in [0.2, 0.25) is 0 Å². The van der Waals surface area contributed by atoms with E-state index in [4.69, 9.17) is 0 Å². The van der Waals surface area contributed by atoms with Crippen LogP contribution in [-0.2, 0) is 0 Å². The van der Waals surface area contributed by atoms with E-state index in [0.717, 1.165) is 26.2 Å². The number of hydrogen-bond acceptors (Lipinski definition) is 2. The number of aromatic amines is 1. The number of nitrogens with one attached hydrogen (secondary N) is 3. The molecule has 3 N–H and O–H groups in total. The van der Waals surface area contributed by atoms with Gasteiger partial charge in [-0.2, -0.15) is 0 Å². The van der Waals surface area contributed by atoms with Crippen LogP contribution in [0.15, 0.2) is 48.5 Å². The van der Waals surface area contributed by atoms with Gasteiger partial charge in [-0.05, 0) is 12.1 Å². The first-order valence-electron chi connectivity index (χ1n) is 6.82. The lowest BCUT2D eigenvalue weighted by Crippen LogP contribution is -2.39. The van der Waals surface area contributed by atoms with E-state index in [1.807, 2.05) is 0 Å². The van der Waals surface area contributed by atoms with Crippen molar-refractivity contribution in [1.29, 1.82) is 0 Å². The molecule has 3 nitrogen and oxygen atoms in total. The third-order valence-electron chi connectivity index (χ3n) is 3.37. The van der Waals surface area contributed by atoms with Crippen molar-refractivity contribution < 1.29 is 0 Å². The minimum absolute atomic E-state index is 1.14. The summed E-state index contributed by atoms with van der Waals surface area (Å²) in [7, 11) is 0. The molecule has 19 heavy (non-hydrogen) atoms. The highest BCUT2D eigenvalue weighted by molar-refractivity contribution is 6.06. The van der Waals surface area contributed by atoms with E-state index >= 15 is 0 Å². The Kier molecular flexibility index (Phi) is 3.77. The Bertz CT molecular complexity index is 591. The fourth-order valence-corrected chi connectivity index (χ4v) is 2.40. The van der Waals surface area contributed by atoms with Crippen LogP contribution in [-0.4, -0.2) is 31.2 Å². The Morgan fingerprint density at radius 2 is 1.00 bits per heavy atom. The number of hydrogen-bond donors (Lipinski definition) is 3. The van der Waals surface area contributed by atoms with Crippen LogP contribution >= 0.6 is 0 Å². The van der Waals surface area contributed by atoms with Crippen molar-refractivity contribution in [2.24, 2.45) is 0 Å². The SMILES string of the molecule is C1CNCCN1.c1ccc2c(c1)[nH]c1ccccc12. The molecule has 0 radical (unpaired) electrons. The highest BCUT2D eigenvalue weighted by Crippen LogP contribution is 2.24. The van der Waals surface area contributed by atoms with Crippen molar-refractivity contribution in [2.45, 2.75) is 0 Å². The summed E-state index contributed by atoms with van der Waals surface area (Å²) in [6.07, 6.45) is 0. The number of para-hydroxylation sites is 2. The second-order valence-electron chi connectivity index (χ2n) is 4.72. The molecule has 1 aromatic heterocycles. The minimum Gasteiger partial charge on any atom is -0.355 e. The summed E-state index contributed by atoms with van der Waals surface area (Å²) in [5.74, 6) is 0. The maximum Gasteiger partial charge on any atom is 0.0464 e.